The molecular weight excluding hydrogens is 232 g/mol. The molecule has 3 nitrogen and oxygen atoms in total. The first-order valence-corrected chi connectivity index (χ1v) is 6.94. The normalized spacial score (nSPS) is 20.6. The van der Waals surface area contributed by atoms with Crippen molar-refractivity contribution in [1.82, 2.24) is 10.2 Å². The second kappa shape index (κ2) is 4.69. The Bertz CT molecular complexity index is 381. The van der Waals surface area contributed by atoms with Gasteiger partial charge in [0.1, 0.15) is 0 Å². The molecule has 0 saturated carbocycles. The SMILES string of the molecule is CC(C)(C)NC(=O)N1CCC(c2cccs2)C1. The first-order valence-electron chi connectivity index (χ1n) is 6.06. The zero-order chi connectivity index (χ0) is 12.5. The smallest absolute Gasteiger partial charge is 0.317 e. The van der Waals surface area contributed by atoms with Crippen LogP contribution < -0.4 is 5.32 Å². The van der Waals surface area contributed by atoms with Gasteiger partial charge in [-0.1, -0.05) is 6.07 Å². The number of likely N-dealkylation sites (tertiary alicyclic amines) is 1. The Labute approximate surface area is 107 Å². The first kappa shape index (κ1) is 12.4. The molecule has 2 amide bonds. The lowest BCUT2D eigenvalue weighted by molar-refractivity contribution is 0.199. The second-order valence-corrected chi connectivity index (χ2v) is 6.61. The van der Waals surface area contributed by atoms with Gasteiger partial charge >= 0.3 is 6.03 Å². The van der Waals surface area contributed by atoms with Crippen LogP contribution in [0.15, 0.2) is 17.5 Å². The van der Waals surface area contributed by atoms with E-state index in [0.717, 1.165) is 19.5 Å². The van der Waals surface area contributed by atoms with E-state index in [1.165, 1.54) is 4.88 Å². The Kier molecular flexibility index (Phi) is 3.43. The van der Waals surface area contributed by atoms with E-state index in [4.69, 9.17) is 0 Å². The number of hydrogen-bond acceptors (Lipinski definition) is 2. The van der Waals surface area contributed by atoms with Gasteiger partial charge < -0.3 is 10.2 Å². The lowest BCUT2D eigenvalue weighted by Crippen LogP contribution is -2.47. The number of hydrogen-bond donors (Lipinski definition) is 1. The van der Waals surface area contributed by atoms with Crippen LogP contribution in [0.2, 0.25) is 0 Å². The molecule has 94 valence electrons. The minimum absolute atomic E-state index is 0.0663. The van der Waals surface area contributed by atoms with Gasteiger partial charge in [-0.2, -0.15) is 0 Å². The number of amides is 2. The van der Waals surface area contributed by atoms with E-state index in [1.807, 2.05) is 25.7 Å². The molecule has 4 heteroatoms. The molecule has 0 aromatic carbocycles. The van der Waals surface area contributed by atoms with Crippen molar-refractivity contribution in [1.29, 1.82) is 0 Å². The van der Waals surface area contributed by atoms with Gasteiger partial charge in [-0.15, -0.1) is 11.3 Å². The molecule has 1 unspecified atom stereocenters. The number of urea groups is 1. The third-order valence-electron chi connectivity index (χ3n) is 2.90. The summed E-state index contributed by atoms with van der Waals surface area (Å²) in [5, 5.41) is 5.12. The Hall–Kier alpha value is -1.03. The van der Waals surface area contributed by atoms with Gasteiger partial charge in [-0.25, -0.2) is 4.79 Å². The van der Waals surface area contributed by atoms with Gasteiger partial charge in [-0.3, -0.25) is 0 Å². The predicted molar refractivity (Wildman–Crippen MR) is 71.5 cm³/mol. The van der Waals surface area contributed by atoms with Crippen molar-refractivity contribution in [2.75, 3.05) is 13.1 Å². The number of carbonyl (C=O) groups is 1. The summed E-state index contributed by atoms with van der Waals surface area (Å²) >= 11 is 1.79. The molecule has 1 aromatic rings. The Morgan fingerprint density at radius 1 is 1.53 bits per heavy atom. The van der Waals surface area contributed by atoms with Gasteiger partial charge in [0, 0.05) is 29.4 Å². The van der Waals surface area contributed by atoms with Crippen LogP contribution in [0, 0.1) is 0 Å². The van der Waals surface area contributed by atoms with Crippen molar-refractivity contribution in [2.45, 2.75) is 38.6 Å². The lowest BCUT2D eigenvalue weighted by atomic mass is 10.1. The number of nitrogens with one attached hydrogen (secondary N) is 1. The first-order chi connectivity index (χ1) is 7.96. The van der Waals surface area contributed by atoms with Crippen molar-refractivity contribution < 1.29 is 4.79 Å². The largest absolute Gasteiger partial charge is 0.333 e. The van der Waals surface area contributed by atoms with Crippen LogP contribution >= 0.6 is 11.3 Å². The average Bonchev–Trinajstić information content (AvgIpc) is 2.86. The van der Waals surface area contributed by atoms with Crippen LogP contribution in [-0.2, 0) is 0 Å². The fraction of sp³-hybridized carbons (Fsp3) is 0.615. The number of rotatable bonds is 1. The molecule has 1 aromatic heterocycles. The molecule has 1 aliphatic rings. The maximum atomic E-state index is 12.0. The molecule has 0 bridgehead atoms. The van der Waals surface area contributed by atoms with Gasteiger partial charge in [0.15, 0.2) is 0 Å². The van der Waals surface area contributed by atoms with Crippen molar-refractivity contribution >= 4 is 17.4 Å². The summed E-state index contributed by atoms with van der Waals surface area (Å²) in [4.78, 5) is 15.3. The number of nitrogens with zero attached hydrogens (tertiary/aromatic N) is 1. The topological polar surface area (TPSA) is 32.3 Å². The van der Waals surface area contributed by atoms with Crippen LogP contribution in [-0.4, -0.2) is 29.6 Å². The summed E-state index contributed by atoms with van der Waals surface area (Å²) in [5.74, 6) is 0.528. The highest BCUT2D eigenvalue weighted by Crippen LogP contribution is 2.30. The lowest BCUT2D eigenvalue weighted by Gasteiger charge is -2.25. The molecule has 2 rings (SSSR count). The molecule has 2 heterocycles. The Balaban J connectivity index is 1.92. The van der Waals surface area contributed by atoms with E-state index >= 15 is 0 Å². The molecule has 1 fully saturated rings. The van der Waals surface area contributed by atoms with Crippen LogP contribution in [0.25, 0.3) is 0 Å². The summed E-state index contributed by atoms with van der Waals surface area (Å²) in [5.41, 5.74) is -0.155. The molecule has 1 N–H and O–H groups in total. The molecular formula is C13H20N2OS. The maximum Gasteiger partial charge on any atom is 0.317 e. The van der Waals surface area contributed by atoms with E-state index < -0.39 is 0 Å². The van der Waals surface area contributed by atoms with Crippen molar-refractivity contribution in [2.24, 2.45) is 0 Å². The van der Waals surface area contributed by atoms with E-state index in [-0.39, 0.29) is 11.6 Å². The highest BCUT2D eigenvalue weighted by atomic mass is 32.1. The molecule has 1 atom stereocenters. The zero-order valence-electron chi connectivity index (χ0n) is 10.7. The third-order valence-corrected chi connectivity index (χ3v) is 3.94. The molecule has 1 aliphatic heterocycles. The molecule has 0 aliphatic carbocycles. The predicted octanol–water partition coefficient (Wildman–Crippen LogP) is 3.05. The van der Waals surface area contributed by atoms with Gasteiger partial charge in [-0.05, 0) is 38.6 Å². The number of thiophene rings is 1. The number of carbonyl (C=O) groups excluding carboxylic acids is 1. The van der Waals surface area contributed by atoms with Crippen LogP contribution in [0.3, 0.4) is 0 Å². The van der Waals surface area contributed by atoms with E-state index in [1.54, 1.807) is 11.3 Å². The molecule has 0 radical (unpaired) electrons. The van der Waals surface area contributed by atoms with Gasteiger partial charge in [0.2, 0.25) is 0 Å². The maximum absolute atomic E-state index is 12.0. The zero-order valence-corrected chi connectivity index (χ0v) is 11.5. The summed E-state index contributed by atoms with van der Waals surface area (Å²) in [6, 6.07) is 4.31. The van der Waals surface area contributed by atoms with Crippen molar-refractivity contribution in [3.63, 3.8) is 0 Å². The quantitative estimate of drug-likeness (QED) is 0.818. The summed E-state index contributed by atoms with van der Waals surface area (Å²) in [6.07, 6.45) is 1.08. The molecule has 17 heavy (non-hydrogen) atoms. The minimum Gasteiger partial charge on any atom is -0.333 e. The summed E-state index contributed by atoms with van der Waals surface area (Å²) in [6.45, 7) is 7.75. The van der Waals surface area contributed by atoms with Gasteiger partial charge in [0.05, 0.1) is 0 Å². The van der Waals surface area contributed by atoms with Gasteiger partial charge in [0.25, 0.3) is 0 Å². The minimum atomic E-state index is -0.155. The fourth-order valence-electron chi connectivity index (χ4n) is 2.10. The fourth-order valence-corrected chi connectivity index (χ4v) is 2.96. The summed E-state index contributed by atoms with van der Waals surface area (Å²) < 4.78 is 0. The highest BCUT2D eigenvalue weighted by molar-refractivity contribution is 7.10. The highest BCUT2D eigenvalue weighted by Gasteiger charge is 2.29. The van der Waals surface area contributed by atoms with Crippen LogP contribution in [0.5, 0.6) is 0 Å². The van der Waals surface area contributed by atoms with Crippen LogP contribution in [0.4, 0.5) is 4.79 Å². The second-order valence-electron chi connectivity index (χ2n) is 5.63. The Morgan fingerprint density at radius 2 is 2.29 bits per heavy atom. The monoisotopic (exact) mass is 252 g/mol. The van der Waals surface area contributed by atoms with Crippen molar-refractivity contribution in [3.05, 3.63) is 22.4 Å². The van der Waals surface area contributed by atoms with E-state index in [0.29, 0.717) is 5.92 Å². The Morgan fingerprint density at radius 3 is 2.88 bits per heavy atom. The van der Waals surface area contributed by atoms with Crippen LogP contribution in [0.1, 0.15) is 38.0 Å². The third kappa shape index (κ3) is 3.22. The average molecular weight is 252 g/mol. The van der Waals surface area contributed by atoms with Crippen molar-refractivity contribution in [3.8, 4) is 0 Å². The van der Waals surface area contributed by atoms with E-state index in [9.17, 15) is 4.79 Å². The molecule has 1 saturated heterocycles. The van der Waals surface area contributed by atoms with E-state index in [2.05, 4.69) is 22.8 Å². The summed E-state index contributed by atoms with van der Waals surface area (Å²) in [7, 11) is 0. The standard InChI is InChI=1S/C13H20N2OS/c1-13(2,3)14-12(16)15-7-6-10(9-15)11-5-4-8-17-11/h4-5,8,10H,6-7,9H2,1-3H3,(H,14,16). The molecule has 0 spiro atoms.